The molecule has 92 valence electrons. The molecule has 18 heavy (non-hydrogen) atoms. The van der Waals surface area contributed by atoms with Crippen LogP contribution in [0, 0.1) is 13.8 Å². The molecule has 0 atom stereocenters. The van der Waals surface area contributed by atoms with E-state index in [1.165, 1.54) is 27.8 Å². The van der Waals surface area contributed by atoms with Gasteiger partial charge in [-0.05, 0) is 42.5 Å². The van der Waals surface area contributed by atoms with Gasteiger partial charge >= 0.3 is 0 Å². The Bertz CT molecular complexity index is 644. The Morgan fingerprint density at radius 3 is 2.61 bits per heavy atom. The Morgan fingerprint density at radius 2 is 1.89 bits per heavy atom. The maximum absolute atomic E-state index is 6.13. The van der Waals surface area contributed by atoms with Crippen molar-refractivity contribution in [3.05, 3.63) is 46.5 Å². The first-order chi connectivity index (χ1) is 8.61. The van der Waals surface area contributed by atoms with Crippen molar-refractivity contribution in [2.75, 3.05) is 12.8 Å². The molecular formula is C16H17NO. The monoisotopic (exact) mass is 239 g/mol. The Kier molecular flexibility index (Phi) is 2.34. The second kappa shape index (κ2) is 3.77. The van der Waals surface area contributed by atoms with Crippen molar-refractivity contribution in [2.45, 2.75) is 20.3 Å². The molecule has 1 aliphatic carbocycles. The van der Waals surface area contributed by atoms with Crippen LogP contribution in [0.5, 0.6) is 5.75 Å². The average molecular weight is 239 g/mol. The third-order valence-electron chi connectivity index (χ3n) is 3.72. The zero-order chi connectivity index (χ0) is 12.9. The molecule has 0 aromatic heterocycles. The standard InChI is InChI=1S/C16H17NO/c1-9-4-5-13-11(6-9)8-12-7-10(2)15(17)16(18-3)14(12)13/h4-7H,8,17H2,1-3H3. The maximum atomic E-state index is 6.13. The lowest BCUT2D eigenvalue weighted by molar-refractivity contribution is 0.418. The summed E-state index contributed by atoms with van der Waals surface area (Å²) < 4.78 is 5.53. The molecule has 1 aliphatic rings. The van der Waals surface area contributed by atoms with Crippen LogP contribution in [0.1, 0.15) is 22.3 Å². The van der Waals surface area contributed by atoms with E-state index in [1.54, 1.807) is 7.11 Å². The SMILES string of the molecule is COc1c(N)c(C)cc2c1-c1ccc(C)cc1C2. The van der Waals surface area contributed by atoms with Gasteiger partial charge in [0.05, 0.1) is 12.8 Å². The third-order valence-corrected chi connectivity index (χ3v) is 3.72. The van der Waals surface area contributed by atoms with Crippen molar-refractivity contribution in [2.24, 2.45) is 0 Å². The van der Waals surface area contributed by atoms with E-state index in [0.29, 0.717) is 0 Å². The second-order valence-corrected chi connectivity index (χ2v) is 5.01. The summed E-state index contributed by atoms with van der Waals surface area (Å²) in [7, 11) is 1.69. The Morgan fingerprint density at radius 1 is 1.11 bits per heavy atom. The van der Waals surface area contributed by atoms with Crippen LogP contribution in [-0.2, 0) is 6.42 Å². The third kappa shape index (κ3) is 1.42. The lowest BCUT2D eigenvalue weighted by Gasteiger charge is -2.13. The number of aryl methyl sites for hydroxylation is 2. The number of rotatable bonds is 1. The van der Waals surface area contributed by atoms with Crippen LogP contribution in [0.2, 0.25) is 0 Å². The van der Waals surface area contributed by atoms with E-state index in [2.05, 4.69) is 31.2 Å². The van der Waals surface area contributed by atoms with Crippen molar-refractivity contribution >= 4 is 5.69 Å². The molecule has 0 unspecified atom stereocenters. The van der Waals surface area contributed by atoms with Gasteiger partial charge in [-0.25, -0.2) is 0 Å². The van der Waals surface area contributed by atoms with Crippen LogP contribution in [-0.4, -0.2) is 7.11 Å². The zero-order valence-corrected chi connectivity index (χ0v) is 11.0. The van der Waals surface area contributed by atoms with E-state index in [9.17, 15) is 0 Å². The molecule has 3 rings (SSSR count). The summed E-state index contributed by atoms with van der Waals surface area (Å²) in [4.78, 5) is 0. The largest absolute Gasteiger partial charge is 0.494 e. The number of nitrogens with two attached hydrogens (primary N) is 1. The number of anilines is 1. The van der Waals surface area contributed by atoms with Gasteiger partial charge < -0.3 is 10.5 Å². The highest BCUT2D eigenvalue weighted by Crippen LogP contribution is 2.46. The Labute approximate surface area is 107 Å². The van der Waals surface area contributed by atoms with Crippen molar-refractivity contribution in [3.8, 4) is 16.9 Å². The molecule has 2 nitrogen and oxygen atoms in total. The number of benzene rings is 2. The Balaban J connectivity index is 2.32. The molecule has 0 heterocycles. The van der Waals surface area contributed by atoms with E-state index in [1.807, 2.05) is 6.92 Å². The van der Waals surface area contributed by atoms with Crippen LogP contribution in [0.3, 0.4) is 0 Å². The van der Waals surface area contributed by atoms with Crippen LogP contribution in [0.25, 0.3) is 11.1 Å². The fraction of sp³-hybridized carbons (Fsp3) is 0.250. The van der Waals surface area contributed by atoms with Crippen molar-refractivity contribution in [1.82, 2.24) is 0 Å². The summed E-state index contributed by atoms with van der Waals surface area (Å²) in [6, 6.07) is 8.75. The van der Waals surface area contributed by atoms with Crippen LogP contribution in [0.4, 0.5) is 5.69 Å². The van der Waals surface area contributed by atoms with E-state index in [-0.39, 0.29) is 0 Å². The van der Waals surface area contributed by atoms with Crippen LogP contribution < -0.4 is 10.5 Å². The number of ether oxygens (including phenoxy) is 1. The molecule has 0 amide bonds. The quantitative estimate of drug-likeness (QED) is 0.660. The molecule has 2 aromatic rings. The molecule has 0 bridgehead atoms. The molecule has 0 saturated carbocycles. The summed E-state index contributed by atoms with van der Waals surface area (Å²) in [5.74, 6) is 0.826. The molecule has 0 fully saturated rings. The summed E-state index contributed by atoms with van der Waals surface area (Å²) in [5.41, 5.74) is 14.4. The predicted molar refractivity (Wildman–Crippen MR) is 75.1 cm³/mol. The topological polar surface area (TPSA) is 35.2 Å². The molecule has 2 aromatic carbocycles. The number of nitrogen functional groups attached to an aromatic ring is 1. The van der Waals surface area contributed by atoms with Crippen LogP contribution in [0.15, 0.2) is 24.3 Å². The molecule has 2 N–H and O–H groups in total. The van der Waals surface area contributed by atoms with E-state index < -0.39 is 0 Å². The molecule has 0 aliphatic heterocycles. The fourth-order valence-electron chi connectivity index (χ4n) is 2.84. The van der Waals surface area contributed by atoms with Gasteiger partial charge in [0.2, 0.25) is 0 Å². The first-order valence-corrected chi connectivity index (χ1v) is 6.17. The molecule has 0 saturated heterocycles. The number of hydrogen-bond acceptors (Lipinski definition) is 2. The summed E-state index contributed by atoms with van der Waals surface area (Å²) >= 11 is 0. The normalized spacial score (nSPS) is 12.2. The summed E-state index contributed by atoms with van der Waals surface area (Å²) in [6.07, 6.45) is 0.976. The van der Waals surface area contributed by atoms with Gasteiger partial charge in [-0.3, -0.25) is 0 Å². The Hall–Kier alpha value is -1.96. The minimum Gasteiger partial charge on any atom is -0.494 e. The van der Waals surface area contributed by atoms with E-state index >= 15 is 0 Å². The van der Waals surface area contributed by atoms with Gasteiger partial charge in [0, 0.05) is 5.56 Å². The van der Waals surface area contributed by atoms with E-state index in [0.717, 1.165) is 23.4 Å². The lowest BCUT2D eigenvalue weighted by Crippen LogP contribution is -1.98. The highest BCUT2D eigenvalue weighted by Gasteiger charge is 2.24. The number of fused-ring (bicyclic) bond motifs is 3. The van der Waals surface area contributed by atoms with Crippen LogP contribution >= 0.6 is 0 Å². The van der Waals surface area contributed by atoms with Gasteiger partial charge in [-0.15, -0.1) is 0 Å². The molecule has 2 heteroatoms. The van der Waals surface area contributed by atoms with Crippen molar-refractivity contribution in [1.29, 1.82) is 0 Å². The lowest BCUT2D eigenvalue weighted by atomic mass is 10.00. The first kappa shape index (κ1) is 11.1. The van der Waals surface area contributed by atoms with Gasteiger partial charge in [0.15, 0.2) is 0 Å². The minimum absolute atomic E-state index is 0.754. The van der Waals surface area contributed by atoms with Gasteiger partial charge in [0.25, 0.3) is 0 Å². The fourth-order valence-corrected chi connectivity index (χ4v) is 2.84. The van der Waals surface area contributed by atoms with Crippen molar-refractivity contribution in [3.63, 3.8) is 0 Å². The second-order valence-electron chi connectivity index (χ2n) is 5.01. The first-order valence-electron chi connectivity index (χ1n) is 6.17. The summed E-state index contributed by atoms with van der Waals surface area (Å²) in [5, 5.41) is 0. The van der Waals surface area contributed by atoms with Gasteiger partial charge in [-0.1, -0.05) is 29.8 Å². The predicted octanol–water partition coefficient (Wildman–Crippen LogP) is 3.47. The molecular weight excluding hydrogens is 222 g/mol. The molecule has 0 radical (unpaired) electrons. The smallest absolute Gasteiger partial charge is 0.150 e. The van der Waals surface area contributed by atoms with Crippen molar-refractivity contribution < 1.29 is 4.74 Å². The van der Waals surface area contributed by atoms with Gasteiger partial charge in [0.1, 0.15) is 5.75 Å². The minimum atomic E-state index is 0.754. The highest BCUT2D eigenvalue weighted by atomic mass is 16.5. The molecule has 0 spiro atoms. The van der Waals surface area contributed by atoms with E-state index in [4.69, 9.17) is 10.5 Å². The number of methoxy groups -OCH3 is 1. The van der Waals surface area contributed by atoms with Gasteiger partial charge in [-0.2, -0.15) is 0 Å². The maximum Gasteiger partial charge on any atom is 0.150 e. The number of hydrogen-bond donors (Lipinski definition) is 1. The zero-order valence-electron chi connectivity index (χ0n) is 11.0. The highest BCUT2D eigenvalue weighted by molar-refractivity contribution is 5.87. The summed E-state index contributed by atoms with van der Waals surface area (Å²) in [6.45, 7) is 4.16. The average Bonchev–Trinajstić information content (AvgIpc) is 2.67.